The van der Waals surface area contributed by atoms with Gasteiger partial charge in [0, 0.05) is 11.1 Å². The molecule has 0 aromatic heterocycles. The maximum absolute atomic E-state index is 10.6. The topological polar surface area (TPSA) is 83.8 Å². The number of carboxylic acids is 2. The van der Waals surface area contributed by atoms with Crippen molar-refractivity contribution in [3.8, 4) is 5.75 Å². The van der Waals surface area contributed by atoms with E-state index in [0.29, 0.717) is 12.5 Å². The third-order valence-corrected chi connectivity index (χ3v) is 4.19. The van der Waals surface area contributed by atoms with Crippen LogP contribution in [0.1, 0.15) is 37.4 Å². The average molecular weight is 369 g/mol. The van der Waals surface area contributed by atoms with Crippen molar-refractivity contribution in [3.05, 3.63) is 63.2 Å². The second-order valence-corrected chi connectivity index (χ2v) is 5.74. The molecule has 126 valence electrons. The van der Waals surface area contributed by atoms with Crippen molar-refractivity contribution in [2.45, 2.75) is 19.4 Å². The quantitative estimate of drug-likeness (QED) is 0.786. The van der Waals surface area contributed by atoms with Crippen LogP contribution in [-0.2, 0) is 12.5 Å². The SMILES string of the molecule is Cc1c(C(=O)O)cccc1C(=O)O.ClCc1cc2c(Cl)cc1OC2. The van der Waals surface area contributed by atoms with Crippen molar-refractivity contribution in [1.82, 2.24) is 0 Å². The lowest BCUT2D eigenvalue weighted by Crippen LogP contribution is -2.06. The molecular formula is C17H14Cl2O5. The first kappa shape index (κ1) is 18.1. The van der Waals surface area contributed by atoms with E-state index in [-0.39, 0.29) is 16.7 Å². The Hall–Kier alpha value is -2.24. The molecule has 2 aliphatic heterocycles. The van der Waals surface area contributed by atoms with Crippen LogP contribution in [0, 0.1) is 6.92 Å². The van der Waals surface area contributed by atoms with Crippen molar-refractivity contribution in [1.29, 1.82) is 0 Å². The van der Waals surface area contributed by atoms with Crippen molar-refractivity contribution in [2.24, 2.45) is 0 Å². The van der Waals surface area contributed by atoms with Gasteiger partial charge in [-0.05, 0) is 36.8 Å². The zero-order valence-electron chi connectivity index (χ0n) is 12.7. The predicted molar refractivity (Wildman–Crippen MR) is 90.4 cm³/mol. The molecule has 2 bridgehead atoms. The van der Waals surface area contributed by atoms with E-state index in [4.69, 9.17) is 38.2 Å². The van der Waals surface area contributed by atoms with Crippen molar-refractivity contribution in [3.63, 3.8) is 0 Å². The summed E-state index contributed by atoms with van der Waals surface area (Å²) in [6.45, 7) is 2.07. The Kier molecular flexibility index (Phi) is 5.70. The summed E-state index contributed by atoms with van der Waals surface area (Å²) < 4.78 is 5.32. The third-order valence-electron chi connectivity index (χ3n) is 3.55. The molecule has 0 saturated carbocycles. The summed E-state index contributed by atoms with van der Waals surface area (Å²) in [6.07, 6.45) is 0. The van der Waals surface area contributed by atoms with Gasteiger partial charge in [0.15, 0.2) is 0 Å². The summed E-state index contributed by atoms with van der Waals surface area (Å²) in [6, 6.07) is 7.99. The van der Waals surface area contributed by atoms with Gasteiger partial charge >= 0.3 is 11.9 Å². The molecule has 0 fully saturated rings. The number of hydrogen-bond acceptors (Lipinski definition) is 3. The number of carbonyl (C=O) groups is 2. The van der Waals surface area contributed by atoms with Crippen LogP contribution in [0.5, 0.6) is 5.75 Å². The predicted octanol–water partition coefficient (Wildman–Crippen LogP) is 4.36. The first-order valence-electron chi connectivity index (χ1n) is 6.91. The van der Waals surface area contributed by atoms with Gasteiger partial charge < -0.3 is 14.9 Å². The Morgan fingerprint density at radius 2 is 1.75 bits per heavy atom. The van der Waals surface area contributed by atoms with Crippen molar-refractivity contribution in [2.75, 3.05) is 0 Å². The molecule has 0 atom stereocenters. The average Bonchev–Trinajstić information content (AvgIpc) is 2.55. The molecular weight excluding hydrogens is 355 g/mol. The lowest BCUT2D eigenvalue weighted by atomic mass is 10.0. The van der Waals surface area contributed by atoms with Crippen LogP contribution in [0.3, 0.4) is 0 Å². The van der Waals surface area contributed by atoms with E-state index >= 15 is 0 Å². The van der Waals surface area contributed by atoms with Crippen molar-refractivity contribution >= 4 is 35.1 Å². The third kappa shape index (κ3) is 3.80. The van der Waals surface area contributed by atoms with Crippen LogP contribution in [0.2, 0.25) is 5.02 Å². The number of fused-ring (bicyclic) bond motifs is 3. The van der Waals surface area contributed by atoms with E-state index in [9.17, 15) is 9.59 Å². The Morgan fingerprint density at radius 1 is 1.17 bits per heavy atom. The van der Waals surface area contributed by atoms with Crippen LogP contribution >= 0.6 is 23.2 Å². The molecule has 7 heteroatoms. The van der Waals surface area contributed by atoms with E-state index in [1.54, 1.807) is 0 Å². The molecule has 0 amide bonds. The molecule has 4 rings (SSSR count). The zero-order chi connectivity index (χ0) is 17.9. The monoisotopic (exact) mass is 368 g/mol. The van der Waals surface area contributed by atoms with Gasteiger partial charge in [0.25, 0.3) is 0 Å². The van der Waals surface area contributed by atoms with Crippen LogP contribution < -0.4 is 4.74 Å². The highest BCUT2D eigenvalue weighted by Crippen LogP contribution is 2.34. The second-order valence-electron chi connectivity index (χ2n) is 5.06. The van der Waals surface area contributed by atoms with Crippen LogP contribution in [0.4, 0.5) is 0 Å². The molecule has 0 unspecified atom stereocenters. The van der Waals surface area contributed by atoms with Gasteiger partial charge in [0.1, 0.15) is 12.4 Å². The van der Waals surface area contributed by atoms with E-state index < -0.39 is 11.9 Å². The first-order valence-corrected chi connectivity index (χ1v) is 7.82. The van der Waals surface area contributed by atoms with Gasteiger partial charge in [0.05, 0.1) is 22.0 Å². The maximum atomic E-state index is 10.6. The molecule has 2 aromatic rings. The number of aromatic carboxylic acids is 2. The van der Waals surface area contributed by atoms with Crippen LogP contribution in [-0.4, -0.2) is 22.2 Å². The highest BCUT2D eigenvalue weighted by molar-refractivity contribution is 6.31. The van der Waals surface area contributed by atoms with E-state index in [1.807, 2.05) is 12.1 Å². The highest BCUT2D eigenvalue weighted by Gasteiger charge is 2.15. The highest BCUT2D eigenvalue weighted by atomic mass is 35.5. The summed E-state index contributed by atoms with van der Waals surface area (Å²) in [7, 11) is 0. The van der Waals surface area contributed by atoms with Crippen molar-refractivity contribution < 1.29 is 24.5 Å². The number of rotatable bonds is 3. The Morgan fingerprint density at radius 3 is 2.12 bits per heavy atom. The largest absolute Gasteiger partial charge is 0.488 e. The molecule has 2 aliphatic rings. The van der Waals surface area contributed by atoms with Gasteiger partial charge in [-0.25, -0.2) is 9.59 Å². The number of alkyl halides is 1. The molecule has 0 saturated heterocycles. The van der Waals surface area contributed by atoms with E-state index in [1.165, 1.54) is 25.1 Å². The Labute approximate surface area is 148 Å². The molecule has 2 aromatic carbocycles. The maximum Gasteiger partial charge on any atom is 0.335 e. The molecule has 0 spiro atoms. The molecule has 2 heterocycles. The summed E-state index contributed by atoms with van der Waals surface area (Å²) in [5.41, 5.74) is 2.39. The lowest BCUT2D eigenvalue weighted by molar-refractivity contribution is 0.0696. The summed E-state index contributed by atoms with van der Waals surface area (Å²) in [4.78, 5) is 21.2. The number of carboxylic acid groups (broad SMARTS) is 2. The minimum Gasteiger partial charge on any atom is -0.488 e. The Bertz CT molecular complexity index is 770. The van der Waals surface area contributed by atoms with Gasteiger partial charge in [-0.1, -0.05) is 17.7 Å². The number of hydrogen-bond donors (Lipinski definition) is 2. The second kappa shape index (κ2) is 7.55. The minimum atomic E-state index is -1.11. The normalized spacial score (nSPS) is 11.3. The fraction of sp³-hybridized carbons (Fsp3) is 0.176. The molecule has 0 radical (unpaired) electrons. The fourth-order valence-corrected chi connectivity index (χ4v) is 2.67. The molecule has 24 heavy (non-hydrogen) atoms. The number of ether oxygens (including phenoxy) is 1. The van der Waals surface area contributed by atoms with Crippen LogP contribution in [0.15, 0.2) is 30.3 Å². The molecule has 0 aliphatic carbocycles. The number of halogens is 2. The first-order chi connectivity index (χ1) is 11.3. The molecule has 5 nitrogen and oxygen atoms in total. The zero-order valence-corrected chi connectivity index (χ0v) is 14.2. The van der Waals surface area contributed by atoms with E-state index in [0.717, 1.165) is 21.9 Å². The van der Waals surface area contributed by atoms with Gasteiger partial charge in [-0.15, -0.1) is 11.6 Å². The van der Waals surface area contributed by atoms with E-state index in [2.05, 4.69) is 0 Å². The minimum absolute atomic E-state index is 0.0277. The Balaban J connectivity index is 0.000000175. The van der Waals surface area contributed by atoms with Gasteiger partial charge in [-0.3, -0.25) is 0 Å². The summed E-state index contributed by atoms with van der Waals surface area (Å²) in [5.74, 6) is -0.916. The van der Waals surface area contributed by atoms with Crippen LogP contribution in [0.25, 0.3) is 0 Å². The smallest absolute Gasteiger partial charge is 0.335 e. The fourth-order valence-electron chi connectivity index (χ4n) is 2.25. The molecule has 2 N–H and O–H groups in total. The lowest BCUT2D eigenvalue weighted by Gasteiger charge is -2.19. The number of benzene rings is 2. The van der Waals surface area contributed by atoms with Gasteiger partial charge in [-0.2, -0.15) is 0 Å². The van der Waals surface area contributed by atoms with Gasteiger partial charge in [0.2, 0.25) is 0 Å². The summed E-state index contributed by atoms with van der Waals surface area (Å²) in [5, 5.41) is 18.1. The summed E-state index contributed by atoms with van der Waals surface area (Å²) >= 11 is 11.5. The standard InChI is InChI=1S/C9H8O4.C8H6Cl2O/c1-5-6(8(10)11)3-2-4-7(5)9(12)13;9-3-5-1-6-4-11-8(5)2-7(6)10/h2-4H,1H3,(H,10,11)(H,12,13);1-2H,3-4H2.